The number of anilines is 1. The number of benzene rings is 2. The average Bonchev–Trinajstić information content (AvgIpc) is 2.30. The van der Waals surface area contributed by atoms with Crippen molar-refractivity contribution in [3.05, 3.63) is 59.2 Å². The number of rotatable bonds is 3. The van der Waals surface area contributed by atoms with E-state index >= 15 is 0 Å². The van der Waals surface area contributed by atoms with Crippen molar-refractivity contribution in [3.63, 3.8) is 0 Å². The maximum absolute atomic E-state index is 5.71. The fourth-order valence-electron chi connectivity index (χ4n) is 1.73. The number of aryl methyl sites for hydroxylation is 2. The first-order valence-electron chi connectivity index (χ1n) is 5.69. The van der Waals surface area contributed by atoms with Crippen LogP contribution in [0.25, 0.3) is 0 Å². The van der Waals surface area contributed by atoms with Gasteiger partial charge in [-0.05, 0) is 49.2 Å². The number of ether oxygens (including phenoxy) is 1. The normalized spacial score (nSPS) is 10.2. The summed E-state index contributed by atoms with van der Waals surface area (Å²) in [7, 11) is 0. The maximum atomic E-state index is 5.71. The molecule has 0 aliphatic rings. The molecule has 0 atom stereocenters. The summed E-state index contributed by atoms with van der Waals surface area (Å²) in [5, 5.41) is 0. The average molecular weight is 227 g/mol. The number of hydrogen-bond acceptors (Lipinski definition) is 2. The van der Waals surface area contributed by atoms with Gasteiger partial charge < -0.3 is 10.5 Å². The molecule has 2 N–H and O–H groups in total. The van der Waals surface area contributed by atoms with Crippen molar-refractivity contribution in [1.29, 1.82) is 0 Å². The monoisotopic (exact) mass is 227 g/mol. The lowest BCUT2D eigenvalue weighted by atomic mass is 10.1. The molecule has 0 spiro atoms. The van der Waals surface area contributed by atoms with Crippen LogP contribution >= 0.6 is 0 Å². The van der Waals surface area contributed by atoms with Gasteiger partial charge in [-0.1, -0.05) is 23.8 Å². The van der Waals surface area contributed by atoms with Crippen molar-refractivity contribution in [2.75, 3.05) is 5.73 Å². The summed E-state index contributed by atoms with van der Waals surface area (Å²) < 4.78 is 5.71. The highest BCUT2D eigenvalue weighted by molar-refractivity contribution is 5.41. The van der Waals surface area contributed by atoms with E-state index in [2.05, 4.69) is 32.0 Å². The Labute approximate surface area is 102 Å². The van der Waals surface area contributed by atoms with Crippen molar-refractivity contribution in [2.24, 2.45) is 0 Å². The van der Waals surface area contributed by atoms with Crippen molar-refractivity contribution < 1.29 is 4.74 Å². The number of hydrogen-bond donors (Lipinski definition) is 1. The first kappa shape index (κ1) is 11.5. The predicted octanol–water partition coefficient (Wildman–Crippen LogP) is 3.46. The first-order valence-corrected chi connectivity index (χ1v) is 5.69. The molecule has 0 unspecified atom stereocenters. The van der Waals surface area contributed by atoms with Gasteiger partial charge in [0.15, 0.2) is 0 Å². The highest BCUT2D eigenvalue weighted by Crippen LogP contribution is 2.17. The van der Waals surface area contributed by atoms with E-state index < -0.39 is 0 Å². The maximum Gasteiger partial charge on any atom is 0.119 e. The lowest BCUT2D eigenvalue weighted by molar-refractivity contribution is 0.305. The second-order valence-electron chi connectivity index (χ2n) is 4.29. The number of nitrogens with two attached hydrogens (primary N) is 1. The molecule has 17 heavy (non-hydrogen) atoms. The van der Waals surface area contributed by atoms with Crippen LogP contribution in [0.5, 0.6) is 5.75 Å². The summed E-state index contributed by atoms with van der Waals surface area (Å²) in [5.74, 6) is 0.846. The Hall–Kier alpha value is -1.96. The molecule has 2 aromatic rings. The second kappa shape index (κ2) is 4.91. The third kappa shape index (κ3) is 3.00. The van der Waals surface area contributed by atoms with Gasteiger partial charge in [-0.25, -0.2) is 0 Å². The molecule has 0 aromatic heterocycles. The smallest absolute Gasteiger partial charge is 0.119 e. The highest BCUT2D eigenvalue weighted by atomic mass is 16.5. The van der Waals surface area contributed by atoms with Crippen LogP contribution in [0, 0.1) is 13.8 Å². The highest BCUT2D eigenvalue weighted by Gasteiger charge is 2.00. The molecule has 2 rings (SSSR count). The van der Waals surface area contributed by atoms with Crippen LogP contribution in [0.3, 0.4) is 0 Å². The van der Waals surface area contributed by atoms with Gasteiger partial charge in [0.1, 0.15) is 12.4 Å². The molecule has 2 aromatic carbocycles. The van der Waals surface area contributed by atoms with Gasteiger partial charge in [0.05, 0.1) is 0 Å². The Balaban J connectivity index is 2.04. The Morgan fingerprint density at radius 3 is 2.35 bits per heavy atom. The molecule has 88 valence electrons. The lowest BCUT2D eigenvalue weighted by Gasteiger charge is -2.09. The third-order valence-corrected chi connectivity index (χ3v) is 2.77. The molecule has 2 heteroatoms. The second-order valence-corrected chi connectivity index (χ2v) is 4.29. The van der Waals surface area contributed by atoms with Crippen LogP contribution in [0.15, 0.2) is 42.5 Å². The van der Waals surface area contributed by atoms with E-state index in [0.717, 1.165) is 11.4 Å². The van der Waals surface area contributed by atoms with E-state index in [1.54, 1.807) is 0 Å². The minimum atomic E-state index is 0.593. The van der Waals surface area contributed by atoms with E-state index in [1.807, 2.05) is 24.3 Å². The van der Waals surface area contributed by atoms with Crippen molar-refractivity contribution in [2.45, 2.75) is 20.5 Å². The van der Waals surface area contributed by atoms with E-state index in [4.69, 9.17) is 10.5 Å². The predicted molar refractivity (Wildman–Crippen MR) is 71.1 cm³/mol. The quantitative estimate of drug-likeness (QED) is 0.815. The van der Waals surface area contributed by atoms with Gasteiger partial charge in [0.25, 0.3) is 0 Å². The van der Waals surface area contributed by atoms with Crippen LogP contribution in [-0.2, 0) is 6.61 Å². The summed E-state index contributed by atoms with van der Waals surface area (Å²) >= 11 is 0. The summed E-state index contributed by atoms with van der Waals surface area (Å²) in [6.45, 7) is 4.79. The molecule has 0 aliphatic carbocycles. The molecular weight excluding hydrogens is 210 g/mol. The van der Waals surface area contributed by atoms with Crippen molar-refractivity contribution >= 4 is 5.69 Å². The van der Waals surface area contributed by atoms with Gasteiger partial charge in [0, 0.05) is 5.69 Å². The molecule has 0 aliphatic heterocycles. The van der Waals surface area contributed by atoms with Crippen molar-refractivity contribution in [3.8, 4) is 5.75 Å². The molecule has 0 amide bonds. The zero-order valence-electron chi connectivity index (χ0n) is 10.2. The SMILES string of the molecule is Cc1ccc(COc2ccc(N)cc2)c(C)c1. The Kier molecular flexibility index (Phi) is 3.33. The fourth-order valence-corrected chi connectivity index (χ4v) is 1.73. The Morgan fingerprint density at radius 1 is 1.00 bits per heavy atom. The summed E-state index contributed by atoms with van der Waals surface area (Å²) in [4.78, 5) is 0. The van der Waals surface area contributed by atoms with Gasteiger partial charge in [-0.2, -0.15) is 0 Å². The van der Waals surface area contributed by atoms with Crippen LogP contribution in [0.1, 0.15) is 16.7 Å². The van der Waals surface area contributed by atoms with Crippen LogP contribution in [0.4, 0.5) is 5.69 Å². The summed E-state index contributed by atoms with van der Waals surface area (Å²) in [5.41, 5.74) is 10.1. The first-order chi connectivity index (χ1) is 8.15. The minimum absolute atomic E-state index is 0.593. The third-order valence-electron chi connectivity index (χ3n) is 2.77. The molecular formula is C15H17NO. The summed E-state index contributed by atoms with van der Waals surface area (Å²) in [6, 6.07) is 13.9. The van der Waals surface area contributed by atoms with E-state index in [-0.39, 0.29) is 0 Å². The molecule has 2 nitrogen and oxygen atoms in total. The lowest BCUT2D eigenvalue weighted by Crippen LogP contribution is -1.98. The number of nitrogen functional groups attached to an aromatic ring is 1. The van der Waals surface area contributed by atoms with Gasteiger partial charge in [-0.15, -0.1) is 0 Å². The largest absolute Gasteiger partial charge is 0.489 e. The standard InChI is InChI=1S/C15H17NO/c1-11-3-4-13(12(2)9-11)10-17-15-7-5-14(16)6-8-15/h3-9H,10,16H2,1-2H3. The van der Waals surface area contributed by atoms with Gasteiger partial charge >= 0.3 is 0 Å². The minimum Gasteiger partial charge on any atom is -0.489 e. The van der Waals surface area contributed by atoms with Crippen LogP contribution in [0.2, 0.25) is 0 Å². The fraction of sp³-hybridized carbons (Fsp3) is 0.200. The Bertz CT molecular complexity index is 503. The van der Waals surface area contributed by atoms with E-state index in [0.29, 0.717) is 6.61 Å². The van der Waals surface area contributed by atoms with E-state index in [9.17, 15) is 0 Å². The zero-order chi connectivity index (χ0) is 12.3. The molecule has 0 heterocycles. The summed E-state index contributed by atoms with van der Waals surface area (Å²) in [6.07, 6.45) is 0. The zero-order valence-corrected chi connectivity index (χ0v) is 10.2. The van der Waals surface area contributed by atoms with E-state index in [1.165, 1.54) is 16.7 Å². The molecule has 0 saturated carbocycles. The molecule has 0 fully saturated rings. The van der Waals surface area contributed by atoms with Crippen LogP contribution in [-0.4, -0.2) is 0 Å². The van der Waals surface area contributed by atoms with Crippen LogP contribution < -0.4 is 10.5 Å². The molecule has 0 bridgehead atoms. The van der Waals surface area contributed by atoms with Gasteiger partial charge in [0.2, 0.25) is 0 Å². The van der Waals surface area contributed by atoms with Crippen molar-refractivity contribution in [1.82, 2.24) is 0 Å². The topological polar surface area (TPSA) is 35.2 Å². The molecule has 0 saturated heterocycles. The Morgan fingerprint density at radius 2 is 1.71 bits per heavy atom. The van der Waals surface area contributed by atoms with Gasteiger partial charge in [-0.3, -0.25) is 0 Å². The molecule has 0 radical (unpaired) electrons.